The standard InChI is InChI=1S/C16H23ClN6O7S/c1-7(2)3-8(17)15(26)22-31(27,28)29-4-9-11(24)12(25)16(30-9)23-6-21-10-13(18)19-5-20-14(10)23/h5-9,11-12,16,24-25H,3-4H2,1-2H3,(H,22,26)(H2,18,19,20)/t8-,9+,11+,12+,16+/m0/s1. The number of carbonyl (C=O) groups excluding carboxylic acids is 1. The van der Waals surface area contributed by atoms with Crippen LogP contribution in [0.15, 0.2) is 12.7 Å². The molecule has 2 aromatic rings. The molecule has 1 aliphatic rings. The van der Waals surface area contributed by atoms with Gasteiger partial charge in [0.2, 0.25) is 0 Å². The van der Waals surface area contributed by atoms with Crippen molar-refractivity contribution >= 4 is 44.8 Å². The Labute approximate surface area is 182 Å². The van der Waals surface area contributed by atoms with Crippen molar-refractivity contribution in [2.24, 2.45) is 5.92 Å². The van der Waals surface area contributed by atoms with Crippen LogP contribution in [0, 0.1) is 5.92 Å². The number of imidazole rings is 1. The lowest BCUT2D eigenvalue weighted by molar-refractivity contribution is -0.119. The molecule has 0 aromatic carbocycles. The molecule has 3 heterocycles. The summed E-state index contributed by atoms with van der Waals surface area (Å²) in [6, 6.07) is 0. The molecule has 0 radical (unpaired) electrons. The fourth-order valence-electron chi connectivity index (χ4n) is 3.05. The SMILES string of the molecule is CC(C)C[C@H](Cl)C(=O)NS(=O)(=O)OC[C@H]1O[C@@H](n2cnc3c(N)ncnc32)[C@H](O)[C@@H]1O. The van der Waals surface area contributed by atoms with Crippen LogP contribution in [0.4, 0.5) is 5.82 Å². The molecule has 13 nitrogen and oxygen atoms in total. The smallest absolute Gasteiger partial charge is 0.362 e. The molecule has 1 fully saturated rings. The molecule has 5 atom stereocenters. The molecule has 5 N–H and O–H groups in total. The second-order valence-corrected chi connectivity index (χ2v) is 9.31. The summed E-state index contributed by atoms with van der Waals surface area (Å²) >= 11 is 5.88. The molecular formula is C16H23ClN6O7S. The summed E-state index contributed by atoms with van der Waals surface area (Å²) in [5.74, 6) is -0.728. The Kier molecular flexibility index (Phi) is 6.98. The summed E-state index contributed by atoms with van der Waals surface area (Å²) in [5, 5.41) is 19.6. The van der Waals surface area contributed by atoms with E-state index >= 15 is 0 Å². The minimum absolute atomic E-state index is 0.0807. The Morgan fingerprint density at radius 1 is 1.35 bits per heavy atom. The average Bonchev–Trinajstić information content (AvgIpc) is 3.22. The van der Waals surface area contributed by atoms with E-state index in [1.54, 1.807) is 4.72 Å². The lowest BCUT2D eigenvalue weighted by Gasteiger charge is -2.16. The number of nitrogens with one attached hydrogen (secondary N) is 1. The third kappa shape index (κ3) is 5.22. The summed E-state index contributed by atoms with van der Waals surface area (Å²) in [4.78, 5) is 23.8. The Morgan fingerprint density at radius 3 is 2.74 bits per heavy atom. The van der Waals surface area contributed by atoms with Crippen LogP contribution >= 0.6 is 11.6 Å². The van der Waals surface area contributed by atoms with E-state index in [4.69, 9.17) is 26.3 Å². The quantitative estimate of drug-likeness (QED) is 0.342. The van der Waals surface area contributed by atoms with E-state index < -0.39 is 52.7 Å². The fraction of sp³-hybridized carbons (Fsp3) is 0.625. The van der Waals surface area contributed by atoms with Gasteiger partial charge in [0.1, 0.15) is 35.5 Å². The van der Waals surface area contributed by atoms with Crippen molar-refractivity contribution in [1.82, 2.24) is 24.2 Å². The molecule has 2 aromatic heterocycles. The second-order valence-electron chi connectivity index (χ2n) is 7.43. The topological polar surface area (TPSA) is 192 Å². The number of nitrogens with zero attached hydrogens (tertiary/aromatic N) is 4. The van der Waals surface area contributed by atoms with Gasteiger partial charge in [-0.2, -0.15) is 8.42 Å². The number of nitrogen functional groups attached to an aromatic ring is 1. The molecule has 31 heavy (non-hydrogen) atoms. The number of carbonyl (C=O) groups is 1. The van der Waals surface area contributed by atoms with Gasteiger partial charge >= 0.3 is 10.3 Å². The highest BCUT2D eigenvalue weighted by atomic mass is 35.5. The van der Waals surface area contributed by atoms with Crippen LogP contribution in [0.1, 0.15) is 26.5 Å². The predicted octanol–water partition coefficient (Wildman–Crippen LogP) is -0.941. The van der Waals surface area contributed by atoms with Crippen molar-refractivity contribution in [2.75, 3.05) is 12.3 Å². The van der Waals surface area contributed by atoms with Crippen LogP contribution in [-0.4, -0.2) is 74.4 Å². The van der Waals surface area contributed by atoms with Crippen molar-refractivity contribution in [3.63, 3.8) is 0 Å². The van der Waals surface area contributed by atoms with E-state index in [1.165, 1.54) is 17.2 Å². The number of hydrogen-bond donors (Lipinski definition) is 4. The zero-order valence-electron chi connectivity index (χ0n) is 16.6. The number of amides is 1. The Hall–Kier alpha value is -2.10. The van der Waals surface area contributed by atoms with Gasteiger partial charge in [0.15, 0.2) is 17.7 Å². The molecule has 0 bridgehead atoms. The zero-order valence-corrected chi connectivity index (χ0v) is 18.2. The first-order chi connectivity index (χ1) is 14.5. The molecule has 1 saturated heterocycles. The molecule has 0 unspecified atom stereocenters. The van der Waals surface area contributed by atoms with E-state index in [2.05, 4.69) is 15.0 Å². The van der Waals surface area contributed by atoms with Crippen molar-refractivity contribution in [2.45, 2.75) is 50.2 Å². The number of anilines is 1. The van der Waals surface area contributed by atoms with Crippen molar-refractivity contribution in [3.05, 3.63) is 12.7 Å². The van der Waals surface area contributed by atoms with Crippen molar-refractivity contribution in [1.29, 1.82) is 0 Å². The van der Waals surface area contributed by atoms with Gasteiger partial charge in [-0.3, -0.25) is 13.5 Å². The molecule has 172 valence electrons. The zero-order chi connectivity index (χ0) is 22.9. The first-order valence-electron chi connectivity index (χ1n) is 9.30. The van der Waals surface area contributed by atoms with E-state index in [-0.39, 0.29) is 29.3 Å². The van der Waals surface area contributed by atoms with Gasteiger partial charge in [-0.1, -0.05) is 13.8 Å². The lowest BCUT2D eigenvalue weighted by atomic mass is 10.1. The third-order valence-electron chi connectivity index (χ3n) is 4.57. The fourth-order valence-corrected chi connectivity index (χ4v) is 4.28. The normalized spacial score (nSPS) is 25.2. The maximum atomic E-state index is 12.0. The summed E-state index contributed by atoms with van der Waals surface area (Å²) in [6.45, 7) is 2.99. The monoisotopic (exact) mass is 478 g/mol. The highest BCUT2D eigenvalue weighted by molar-refractivity contribution is 7.85. The molecule has 1 amide bonds. The van der Waals surface area contributed by atoms with Crippen LogP contribution in [-0.2, 0) is 24.0 Å². The number of rotatable bonds is 8. The van der Waals surface area contributed by atoms with Crippen molar-refractivity contribution < 1.29 is 32.3 Å². The minimum Gasteiger partial charge on any atom is -0.387 e. The molecule has 0 aliphatic carbocycles. The van der Waals surface area contributed by atoms with E-state index in [0.717, 1.165) is 0 Å². The average molecular weight is 479 g/mol. The van der Waals surface area contributed by atoms with Gasteiger partial charge in [-0.15, -0.1) is 11.6 Å². The number of aliphatic hydroxyl groups is 2. The molecular weight excluding hydrogens is 456 g/mol. The van der Waals surface area contributed by atoms with Crippen LogP contribution in [0.3, 0.4) is 0 Å². The predicted molar refractivity (Wildman–Crippen MR) is 108 cm³/mol. The summed E-state index contributed by atoms with van der Waals surface area (Å²) in [7, 11) is -4.51. The molecule has 15 heteroatoms. The first kappa shape index (κ1) is 23.6. The molecule has 3 rings (SSSR count). The number of ether oxygens (including phenoxy) is 1. The van der Waals surface area contributed by atoms with Gasteiger partial charge in [0.25, 0.3) is 5.91 Å². The number of alkyl halides is 1. The third-order valence-corrected chi connectivity index (χ3v) is 5.85. The first-order valence-corrected chi connectivity index (χ1v) is 11.1. The van der Waals surface area contributed by atoms with E-state index in [0.29, 0.717) is 0 Å². The van der Waals surface area contributed by atoms with Gasteiger partial charge < -0.3 is 20.7 Å². The highest BCUT2D eigenvalue weighted by Crippen LogP contribution is 2.32. The van der Waals surface area contributed by atoms with Gasteiger partial charge in [0.05, 0.1) is 12.9 Å². The van der Waals surface area contributed by atoms with Crippen LogP contribution in [0.25, 0.3) is 11.2 Å². The number of halogens is 1. The molecule has 0 spiro atoms. The Bertz CT molecular complexity index is 1050. The van der Waals surface area contributed by atoms with Crippen LogP contribution in [0.5, 0.6) is 0 Å². The minimum atomic E-state index is -4.51. The summed E-state index contributed by atoms with van der Waals surface area (Å²) in [6.07, 6.45) is -2.54. The number of fused-ring (bicyclic) bond motifs is 1. The van der Waals surface area contributed by atoms with E-state index in [1.807, 2.05) is 13.8 Å². The lowest BCUT2D eigenvalue weighted by Crippen LogP contribution is -2.40. The summed E-state index contributed by atoms with van der Waals surface area (Å²) < 4.78 is 37.4. The van der Waals surface area contributed by atoms with E-state index in [9.17, 15) is 23.4 Å². The maximum absolute atomic E-state index is 12.0. The summed E-state index contributed by atoms with van der Waals surface area (Å²) in [5.41, 5.74) is 6.26. The maximum Gasteiger partial charge on any atom is 0.362 e. The largest absolute Gasteiger partial charge is 0.387 e. The van der Waals surface area contributed by atoms with Gasteiger partial charge in [-0.25, -0.2) is 19.7 Å². The highest BCUT2D eigenvalue weighted by Gasteiger charge is 2.45. The van der Waals surface area contributed by atoms with Gasteiger partial charge in [-0.05, 0) is 12.3 Å². The Morgan fingerprint density at radius 2 is 2.06 bits per heavy atom. The second kappa shape index (κ2) is 9.18. The Balaban J connectivity index is 1.65. The number of nitrogens with two attached hydrogens (primary N) is 1. The number of aliphatic hydroxyl groups excluding tert-OH is 2. The number of hydrogen-bond acceptors (Lipinski definition) is 11. The van der Waals surface area contributed by atoms with Crippen LogP contribution < -0.4 is 10.5 Å². The number of aromatic nitrogens is 4. The molecule has 0 saturated carbocycles. The van der Waals surface area contributed by atoms with Crippen LogP contribution in [0.2, 0.25) is 0 Å². The van der Waals surface area contributed by atoms with Gasteiger partial charge in [0, 0.05) is 0 Å². The van der Waals surface area contributed by atoms with Crippen molar-refractivity contribution in [3.8, 4) is 0 Å². The molecule has 1 aliphatic heterocycles.